The van der Waals surface area contributed by atoms with Crippen molar-refractivity contribution < 1.29 is 4.74 Å². The maximum Gasteiger partial charge on any atom is 0.118 e. The first-order chi connectivity index (χ1) is 13.6. The van der Waals surface area contributed by atoms with Crippen LogP contribution in [0, 0.1) is 13.8 Å². The van der Waals surface area contributed by atoms with E-state index < -0.39 is 0 Å². The third-order valence-electron chi connectivity index (χ3n) is 5.47. The SMILES string of the molecule is C=Cc1ccc(-c2nccc3c(C)c(C)n(Cc4ccc(OC)cc4)c23)cc1. The predicted octanol–water partition coefficient (Wildman–Crippen LogP) is 6.02. The van der Waals surface area contributed by atoms with E-state index in [4.69, 9.17) is 9.72 Å². The molecule has 140 valence electrons. The van der Waals surface area contributed by atoms with E-state index in [9.17, 15) is 0 Å². The van der Waals surface area contributed by atoms with Crippen LogP contribution in [-0.4, -0.2) is 16.7 Å². The Morgan fingerprint density at radius 2 is 1.71 bits per heavy atom. The molecule has 0 atom stereocenters. The molecule has 0 amide bonds. The normalized spacial score (nSPS) is 11.0. The van der Waals surface area contributed by atoms with Gasteiger partial charge in [0.25, 0.3) is 0 Å². The molecule has 0 aliphatic heterocycles. The lowest BCUT2D eigenvalue weighted by molar-refractivity contribution is 0.414. The molecule has 4 aromatic rings. The summed E-state index contributed by atoms with van der Waals surface area (Å²) in [5, 5.41) is 1.25. The Labute approximate surface area is 165 Å². The fourth-order valence-corrected chi connectivity index (χ4v) is 3.69. The number of hydrogen-bond donors (Lipinski definition) is 0. The lowest BCUT2D eigenvalue weighted by atomic mass is 10.1. The van der Waals surface area contributed by atoms with Crippen LogP contribution in [0.5, 0.6) is 5.75 Å². The summed E-state index contributed by atoms with van der Waals surface area (Å²) in [5.41, 5.74) is 8.22. The molecule has 2 heterocycles. The Kier molecular flexibility index (Phi) is 4.74. The van der Waals surface area contributed by atoms with Gasteiger partial charge in [-0.15, -0.1) is 0 Å². The lowest BCUT2D eigenvalue weighted by Crippen LogP contribution is -2.03. The minimum atomic E-state index is 0.795. The summed E-state index contributed by atoms with van der Waals surface area (Å²) < 4.78 is 7.66. The van der Waals surface area contributed by atoms with Gasteiger partial charge in [-0.2, -0.15) is 0 Å². The van der Waals surface area contributed by atoms with Crippen molar-refractivity contribution in [1.29, 1.82) is 0 Å². The first kappa shape index (κ1) is 18.1. The molecule has 0 saturated heterocycles. The highest BCUT2D eigenvalue weighted by Gasteiger charge is 2.16. The molecule has 0 aliphatic rings. The second-order valence-electron chi connectivity index (χ2n) is 7.03. The molecule has 2 aromatic carbocycles. The highest BCUT2D eigenvalue weighted by Crippen LogP contribution is 2.33. The fourth-order valence-electron chi connectivity index (χ4n) is 3.69. The molecule has 0 aliphatic carbocycles. The Balaban J connectivity index is 1.87. The summed E-state index contributed by atoms with van der Waals surface area (Å²) in [6, 6.07) is 18.8. The van der Waals surface area contributed by atoms with E-state index in [0.29, 0.717) is 0 Å². The Hall–Kier alpha value is -3.33. The van der Waals surface area contributed by atoms with Gasteiger partial charge in [0.1, 0.15) is 5.75 Å². The number of methoxy groups -OCH3 is 1. The lowest BCUT2D eigenvalue weighted by Gasteiger charge is -2.12. The van der Waals surface area contributed by atoms with Crippen molar-refractivity contribution in [2.75, 3.05) is 7.11 Å². The van der Waals surface area contributed by atoms with Crippen LogP contribution in [0.15, 0.2) is 67.4 Å². The van der Waals surface area contributed by atoms with Crippen molar-refractivity contribution in [2.45, 2.75) is 20.4 Å². The van der Waals surface area contributed by atoms with Crippen molar-refractivity contribution in [2.24, 2.45) is 0 Å². The van der Waals surface area contributed by atoms with Gasteiger partial charge in [-0.1, -0.05) is 49.1 Å². The zero-order chi connectivity index (χ0) is 19.7. The topological polar surface area (TPSA) is 27.1 Å². The van der Waals surface area contributed by atoms with E-state index in [1.54, 1.807) is 7.11 Å². The second kappa shape index (κ2) is 7.35. The molecule has 4 rings (SSSR count). The highest BCUT2D eigenvalue weighted by atomic mass is 16.5. The van der Waals surface area contributed by atoms with Crippen molar-refractivity contribution in [1.82, 2.24) is 9.55 Å². The zero-order valence-corrected chi connectivity index (χ0v) is 16.6. The molecule has 3 nitrogen and oxygen atoms in total. The highest BCUT2D eigenvalue weighted by molar-refractivity contribution is 5.95. The average Bonchev–Trinajstić information content (AvgIpc) is 2.99. The van der Waals surface area contributed by atoms with Crippen LogP contribution in [0.2, 0.25) is 0 Å². The number of aromatic nitrogens is 2. The quantitative estimate of drug-likeness (QED) is 0.431. The van der Waals surface area contributed by atoms with Gasteiger partial charge in [0, 0.05) is 29.4 Å². The van der Waals surface area contributed by atoms with Gasteiger partial charge < -0.3 is 9.30 Å². The van der Waals surface area contributed by atoms with Crippen molar-refractivity contribution >= 4 is 17.0 Å². The van der Waals surface area contributed by atoms with E-state index in [2.05, 4.69) is 67.5 Å². The Morgan fingerprint density at radius 1 is 1.00 bits per heavy atom. The Morgan fingerprint density at radius 3 is 2.36 bits per heavy atom. The number of aryl methyl sites for hydroxylation is 1. The number of rotatable bonds is 5. The van der Waals surface area contributed by atoms with Gasteiger partial charge in [-0.3, -0.25) is 4.98 Å². The van der Waals surface area contributed by atoms with Crippen LogP contribution in [0.3, 0.4) is 0 Å². The number of fused-ring (bicyclic) bond motifs is 1. The average molecular weight is 368 g/mol. The molecule has 0 bridgehead atoms. The predicted molar refractivity (Wildman–Crippen MR) is 117 cm³/mol. The molecular formula is C25H24N2O. The van der Waals surface area contributed by atoms with Crippen LogP contribution in [0.1, 0.15) is 22.4 Å². The molecule has 28 heavy (non-hydrogen) atoms. The van der Waals surface area contributed by atoms with Crippen molar-refractivity contribution in [3.05, 3.63) is 89.8 Å². The summed E-state index contributed by atoms with van der Waals surface area (Å²) >= 11 is 0. The van der Waals surface area contributed by atoms with Crippen LogP contribution >= 0.6 is 0 Å². The van der Waals surface area contributed by atoms with Gasteiger partial charge in [0.05, 0.1) is 18.3 Å². The van der Waals surface area contributed by atoms with Crippen molar-refractivity contribution in [3.63, 3.8) is 0 Å². The maximum atomic E-state index is 5.29. The summed E-state index contributed by atoms with van der Waals surface area (Å²) in [5.74, 6) is 0.874. The van der Waals surface area contributed by atoms with Gasteiger partial charge in [-0.05, 0) is 48.7 Å². The number of benzene rings is 2. The van der Waals surface area contributed by atoms with E-state index in [0.717, 1.165) is 29.1 Å². The van der Waals surface area contributed by atoms with E-state index in [1.165, 1.54) is 27.7 Å². The first-order valence-electron chi connectivity index (χ1n) is 9.42. The van der Waals surface area contributed by atoms with Gasteiger partial charge in [0.2, 0.25) is 0 Å². The first-order valence-corrected chi connectivity index (χ1v) is 9.42. The molecule has 3 heteroatoms. The molecule has 0 spiro atoms. The standard InChI is InChI=1S/C25H24N2O/c1-5-19-6-10-21(11-7-19)24-25-23(14-15-26-24)17(2)18(3)27(25)16-20-8-12-22(28-4)13-9-20/h5-15H,1,16H2,2-4H3. The fraction of sp³-hybridized carbons (Fsp3) is 0.160. The monoisotopic (exact) mass is 368 g/mol. The van der Waals surface area contributed by atoms with Gasteiger partial charge in [-0.25, -0.2) is 0 Å². The number of pyridine rings is 1. The number of ether oxygens (including phenoxy) is 1. The zero-order valence-electron chi connectivity index (χ0n) is 16.6. The molecule has 0 fully saturated rings. The second-order valence-corrected chi connectivity index (χ2v) is 7.03. The van der Waals surface area contributed by atoms with Crippen LogP contribution in [0.4, 0.5) is 0 Å². The van der Waals surface area contributed by atoms with Gasteiger partial charge >= 0.3 is 0 Å². The minimum Gasteiger partial charge on any atom is -0.497 e. The molecule has 0 saturated carbocycles. The largest absolute Gasteiger partial charge is 0.497 e. The maximum absolute atomic E-state index is 5.29. The molecule has 2 aromatic heterocycles. The van der Waals surface area contributed by atoms with Crippen LogP contribution in [0.25, 0.3) is 28.2 Å². The van der Waals surface area contributed by atoms with Crippen LogP contribution in [-0.2, 0) is 6.54 Å². The molecule has 0 N–H and O–H groups in total. The summed E-state index contributed by atoms with van der Waals surface area (Å²) in [7, 11) is 1.69. The van der Waals surface area contributed by atoms with Crippen molar-refractivity contribution in [3.8, 4) is 17.0 Å². The number of hydrogen-bond acceptors (Lipinski definition) is 2. The van der Waals surface area contributed by atoms with E-state index >= 15 is 0 Å². The number of nitrogens with zero attached hydrogens (tertiary/aromatic N) is 2. The molecule has 0 unspecified atom stereocenters. The minimum absolute atomic E-state index is 0.795. The van der Waals surface area contributed by atoms with Crippen LogP contribution < -0.4 is 4.74 Å². The third kappa shape index (κ3) is 3.09. The molecule has 0 radical (unpaired) electrons. The van der Waals surface area contributed by atoms with Gasteiger partial charge in [0.15, 0.2) is 0 Å². The van der Waals surface area contributed by atoms with E-state index in [-0.39, 0.29) is 0 Å². The Bertz CT molecular complexity index is 1140. The smallest absolute Gasteiger partial charge is 0.118 e. The summed E-state index contributed by atoms with van der Waals surface area (Å²) in [6.07, 6.45) is 3.77. The van der Waals surface area contributed by atoms with E-state index in [1.807, 2.05) is 24.4 Å². The summed E-state index contributed by atoms with van der Waals surface area (Å²) in [4.78, 5) is 4.75. The third-order valence-corrected chi connectivity index (χ3v) is 5.47. The molecular weight excluding hydrogens is 344 g/mol. The summed E-state index contributed by atoms with van der Waals surface area (Å²) in [6.45, 7) is 9.01.